The first-order chi connectivity index (χ1) is 9.19. The summed E-state index contributed by atoms with van der Waals surface area (Å²) in [5, 5.41) is 3.37. The SMILES string of the molecule is CCCNCc1cnc(N2CC(C)CC(C)C2)nc1. The molecule has 1 aliphatic rings. The van der Waals surface area contributed by atoms with Crippen LogP contribution >= 0.6 is 0 Å². The van der Waals surface area contributed by atoms with Gasteiger partial charge in [-0.05, 0) is 31.2 Å². The monoisotopic (exact) mass is 262 g/mol. The molecule has 0 aliphatic carbocycles. The molecule has 19 heavy (non-hydrogen) atoms. The van der Waals surface area contributed by atoms with Crippen LogP contribution in [0.4, 0.5) is 5.95 Å². The van der Waals surface area contributed by atoms with Crippen LogP contribution in [-0.2, 0) is 6.54 Å². The predicted molar refractivity (Wildman–Crippen MR) is 79.2 cm³/mol. The molecule has 1 N–H and O–H groups in total. The largest absolute Gasteiger partial charge is 0.340 e. The van der Waals surface area contributed by atoms with E-state index in [-0.39, 0.29) is 0 Å². The van der Waals surface area contributed by atoms with Crippen molar-refractivity contribution in [3.63, 3.8) is 0 Å². The third-order valence-corrected chi connectivity index (χ3v) is 3.60. The van der Waals surface area contributed by atoms with Crippen molar-refractivity contribution in [2.45, 2.75) is 40.2 Å². The van der Waals surface area contributed by atoms with E-state index >= 15 is 0 Å². The van der Waals surface area contributed by atoms with Gasteiger partial charge in [-0.3, -0.25) is 0 Å². The summed E-state index contributed by atoms with van der Waals surface area (Å²) in [6.45, 7) is 10.9. The molecule has 1 aliphatic heterocycles. The molecule has 2 atom stereocenters. The molecule has 1 saturated heterocycles. The lowest BCUT2D eigenvalue weighted by molar-refractivity contribution is 0.353. The van der Waals surface area contributed by atoms with Crippen LogP contribution < -0.4 is 10.2 Å². The van der Waals surface area contributed by atoms with Crippen LogP contribution in [0.2, 0.25) is 0 Å². The molecule has 0 saturated carbocycles. The second kappa shape index (κ2) is 6.85. The summed E-state index contributed by atoms with van der Waals surface area (Å²) >= 11 is 0. The van der Waals surface area contributed by atoms with E-state index in [1.165, 1.54) is 6.42 Å². The number of nitrogens with zero attached hydrogens (tertiary/aromatic N) is 3. The van der Waals surface area contributed by atoms with Crippen molar-refractivity contribution < 1.29 is 0 Å². The Kier molecular flexibility index (Phi) is 5.14. The lowest BCUT2D eigenvalue weighted by Gasteiger charge is -2.34. The van der Waals surface area contributed by atoms with E-state index in [1.807, 2.05) is 12.4 Å². The Morgan fingerprint density at radius 3 is 2.42 bits per heavy atom. The van der Waals surface area contributed by atoms with Crippen molar-refractivity contribution in [1.29, 1.82) is 0 Å². The van der Waals surface area contributed by atoms with E-state index in [4.69, 9.17) is 0 Å². The van der Waals surface area contributed by atoms with Crippen molar-refractivity contribution in [2.75, 3.05) is 24.5 Å². The van der Waals surface area contributed by atoms with E-state index in [1.54, 1.807) is 0 Å². The third kappa shape index (κ3) is 4.16. The van der Waals surface area contributed by atoms with Crippen LogP contribution in [0.3, 0.4) is 0 Å². The molecule has 0 bridgehead atoms. The molecule has 1 aromatic heterocycles. The standard InChI is InChI=1S/C15H26N4/c1-4-5-16-7-14-8-17-15(18-9-14)19-10-12(2)6-13(3)11-19/h8-9,12-13,16H,4-7,10-11H2,1-3H3. The maximum atomic E-state index is 4.52. The summed E-state index contributed by atoms with van der Waals surface area (Å²) in [7, 11) is 0. The number of nitrogens with one attached hydrogen (secondary N) is 1. The van der Waals surface area contributed by atoms with E-state index in [9.17, 15) is 0 Å². The molecule has 4 nitrogen and oxygen atoms in total. The van der Waals surface area contributed by atoms with Gasteiger partial charge in [0, 0.05) is 37.6 Å². The Morgan fingerprint density at radius 2 is 1.84 bits per heavy atom. The highest BCUT2D eigenvalue weighted by Crippen LogP contribution is 2.23. The molecule has 2 heterocycles. The van der Waals surface area contributed by atoms with Gasteiger partial charge in [0.25, 0.3) is 0 Å². The molecule has 106 valence electrons. The van der Waals surface area contributed by atoms with Crippen LogP contribution in [0.25, 0.3) is 0 Å². The highest BCUT2D eigenvalue weighted by atomic mass is 15.3. The first-order valence-electron chi connectivity index (χ1n) is 7.45. The highest BCUT2D eigenvalue weighted by Gasteiger charge is 2.23. The number of hydrogen-bond donors (Lipinski definition) is 1. The average Bonchev–Trinajstić information content (AvgIpc) is 2.39. The Hall–Kier alpha value is -1.16. The Labute approximate surface area is 116 Å². The number of rotatable bonds is 5. The lowest BCUT2D eigenvalue weighted by Crippen LogP contribution is -2.39. The molecular formula is C15H26N4. The minimum atomic E-state index is 0.734. The zero-order valence-corrected chi connectivity index (χ0v) is 12.4. The number of aromatic nitrogens is 2. The number of hydrogen-bond acceptors (Lipinski definition) is 4. The Balaban J connectivity index is 1.93. The maximum absolute atomic E-state index is 4.52. The summed E-state index contributed by atoms with van der Waals surface area (Å²) in [4.78, 5) is 11.4. The summed E-state index contributed by atoms with van der Waals surface area (Å²) in [6, 6.07) is 0. The fourth-order valence-electron chi connectivity index (χ4n) is 2.84. The third-order valence-electron chi connectivity index (χ3n) is 3.60. The highest BCUT2D eigenvalue weighted by molar-refractivity contribution is 5.31. The smallest absolute Gasteiger partial charge is 0.225 e. The van der Waals surface area contributed by atoms with Crippen LogP contribution in [0.15, 0.2) is 12.4 Å². The van der Waals surface area contributed by atoms with E-state index in [0.29, 0.717) is 0 Å². The fraction of sp³-hybridized carbons (Fsp3) is 0.733. The molecule has 1 aromatic rings. The van der Waals surface area contributed by atoms with Crippen LogP contribution in [0.5, 0.6) is 0 Å². The van der Waals surface area contributed by atoms with Crippen LogP contribution in [0, 0.1) is 11.8 Å². The quantitative estimate of drug-likeness (QED) is 0.828. The number of anilines is 1. The average molecular weight is 262 g/mol. The summed E-state index contributed by atoms with van der Waals surface area (Å²) < 4.78 is 0. The Bertz CT molecular complexity index is 366. The van der Waals surface area contributed by atoms with E-state index in [0.717, 1.165) is 55.9 Å². The summed E-state index contributed by atoms with van der Waals surface area (Å²) in [5.74, 6) is 2.36. The van der Waals surface area contributed by atoms with Gasteiger partial charge in [-0.15, -0.1) is 0 Å². The van der Waals surface area contributed by atoms with E-state index < -0.39 is 0 Å². The van der Waals surface area contributed by atoms with Crippen molar-refractivity contribution >= 4 is 5.95 Å². The second-order valence-corrected chi connectivity index (χ2v) is 5.92. The van der Waals surface area contributed by atoms with Crippen molar-refractivity contribution in [3.05, 3.63) is 18.0 Å². The van der Waals surface area contributed by atoms with Crippen LogP contribution in [-0.4, -0.2) is 29.6 Å². The molecule has 1 fully saturated rings. The molecular weight excluding hydrogens is 236 g/mol. The minimum absolute atomic E-state index is 0.734. The Morgan fingerprint density at radius 1 is 1.21 bits per heavy atom. The zero-order valence-electron chi connectivity index (χ0n) is 12.4. The van der Waals surface area contributed by atoms with Gasteiger partial charge in [0.15, 0.2) is 0 Å². The van der Waals surface area contributed by atoms with Gasteiger partial charge >= 0.3 is 0 Å². The minimum Gasteiger partial charge on any atom is -0.340 e. The van der Waals surface area contributed by atoms with E-state index in [2.05, 4.69) is 41.0 Å². The first-order valence-corrected chi connectivity index (χ1v) is 7.45. The molecule has 0 spiro atoms. The number of piperidine rings is 1. The van der Waals surface area contributed by atoms with Crippen molar-refractivity contribution in [3.8, 4) is 0 Å². The summed E-state index contributed by atoms with van der Waals surface area (Å²) in [5.41, 5.74) is 1.16. The summed E-state index contributed by atoms with van der Waals surface area (Å²) in [6.07, 6.45) is 6.38. The van der Waals surface area contributed by atoms with Gasteiger partial charge in [0.2, 0.25) is 5.95 Å². The van der Waals surface area contributed by atoms with Crippen LogP contribution in [0.1, 0.15) is 39.2 Å². The van der Waals surface area contributed by atoms with Gasteiger partial charge in [0.05, 0.1) is 0 Å². The molecule has 2 unspecified atom stereocenters. The molecule has 0 aromatic carbocycles. The van der Waals surface area contributed by atoms with Gasteiger partial charge in [-0.25, -0.2) is 9.97 Å². The molecule has 4 heteroatoms. The predicted octanol–water partition coefficient (Wildman–Crippen LogP) is 2.46. The first kappa shape index (κ1) is 14.3. The lowest BCUT2D eigenvalue weighted by atomic mass is 9.92. The van der Waals surface area contributed by atoms with Gasteiger partial charge < -0.3 is 10.2 Å². The molecule has 0 radical (unpaired) electrons. The topological polar surface area (TPSA) is 41.1 Å². The molecule has 2 rings (SSSR count). The van der Waals surface area contributed by atoms with Gasteiger partial charge in [0.1, 0.15) is 0 Å². The fourth-order valence-corrected chi connectivity index (χ4v) is 2.84. The molecule has 0 amide bonds. The second-order valence-electron chi connectivity index (χ2n) is 5.92. The zero-order chi connectivity index (χ0) is 13.7. The normalized spacial score (nSPS) is 23.6. The van der Waals surface area contributed by atoms with Gasteiger partial charge in [-0.1, -0.05) is 20.8 Å². The van der Waals surface area contributed by atoms with Crippen molar-refractivity contribution in [1.82, 2.24) is 15.3 Å². The van der Waals surface area contributed by atoms with Gasteiger partial charge in [-0.2, -0.15) is 0 Å². The van der Waals surface area contributed by atoms with Crippen molar-refractivity contribution in [2.24, 2.45) is 11.8 Å². The maximum Gasteiger partial charge on any atom is 0.225 e.